The molecule has 1 unspecified atom stereocenters. The van der Waals surface area contributed by atoms with Crippen molar-refractivity contribution in [3.8, 4) is 0 Å². The lowest BCUT2D eigenvalue weighted by atomic mass is 10.1. The molecular weight excluding hydrogens is 283 g/mol. The van der Waals surface area contributed by atoms with Gasteiger partial charge in [-0.25, -0.2) is 9.18 Å². The number of halogens is 1. The molecule has 0 spiro atoms. The third kappa shape index (κ3) is 3.94. The van der Waals surface area contributed by atoms with Gasteiger partial charge < -0.3 is 15.7 Å². The number of amides is 1. The molecule has 0 aliphatic carbocycles. The molecule has 1 aromatic rings. The number of nitrogens with one attached hydrogen (secondary N) is 2. The fourth-order valence-electron chi connectivity index (χ4n) is 1.93. The van der Waals surface area contributed by atoms with E-state index >= 15 is 0 Å². The van der Waals surface area contributed by atoms with Crippen molar-refractivity contribution in [1.82, 2.24) is 5.32 Å². The summed E-state index contributed by atoms with van der Waals surface area (Å²) in [7, 11) is 0. The molecule has 0 saturated carbocycles. The molecular formula is C13H15FN2O3S. The number of carbonyl (C=O) groups excluding carboxylic acids is 1. The zero-order valence-electron chi connectivity index (χ0n) is 10.7. The van der Waals surface area contributed by atoms with E-state index < -0.39 is 11.8 Å². The number of rotatable bonds is 4. The summed E-state index contributed by atoms with van der Waals surface area (Å²) in [4.78, 5) is 22.7. The van der Waals surface area contributed by atoms with Gasteiger partial charge >= 0.3 is 5.97 Å². The van der Waals surface area contributed by atoms with Gasteiger partial charge in [-0.2, -0.15) is 11.8 Å². The first kappa shape index (κ1) is 14.8. The van der Waals surface area contributed by atoms with Gasteiger partial charge in [0.15, 0.2) is 0 Å². The lowest BCUT2D eigenvalue weighted by Crippen LogP contribution is -2.40. The molecule has 20 heavy (non-hydrogen) atoms. The first-order valence-corrected chi connectivity index (χ1v) is 7.35. The zero-order valence-corrected chi connectivity index (χ0v) is 11.5. The SMILES string of the molecule is O=C(CC1CSCCN1)Nc1cc(C(=O)O)ccc1F. The molecule has 1 aliphatic rings. The molecule has 1 aromatic carbocycles. The van der Waals surface area contributed by atoms with Crippen LogP contribution in [0.15, 0.2) is 18.2 Å². The summed E-state index contributed by atoms with van der Waals surface area (Å²) in [5.41, 5.74) is -0.161. The summed E-state index contributed by atoms with van der Waals surface area (Å²) in [6.07, 6.45) is 0.240. The predicted octanol–water partition coefficient (Wildman–Crippen LogP) is 1.56. The Morgan fingerprint density at radius 2 is 2.30 bits per heavy atom. The lowest BCUT2D eigenvalue weighted by Gasteiger charge is -2.22. The van der Waals surface area contributed by atoms with Crippen LogP contribution in [0.2, 0.25) is 0 Å². The molecule has 2 rings (SSSR count). The van der Waals surface area contributed by atoms with Crippen molar-refractivity contribution in [3.05, 3.63) is 29.6 Å². The summed E-state index contributed by atoms with van der Waals surface area (Å²) in [6, 6.07) is 3.39. The topological polar surface area (TPSA) is 78.4 Å². The van der Waals surface area contributed by atoms with Gasteiger partial charge in [0, 0.05) is 30.5 Å². The fraction of sp³-hybridized carbons (Fsp3) is 0.385. The van der Waals surface area contributed by atoms with Crippen molar-refractivity contribution in [2.75, 3.05) is 23.4 Å². The maximum absolute atomic E-state index is 13.5. The first-order chi connectivity index (χ1) is 9.56. The molecule has 1 aliphatic heterocycles. The maximum Gasteiger partial charge on any atom is 0.335 e. The molecule has 7 heteroatoms. The highest BCUT2D eigenvalue weighted by molar-refractivity contribution is 7.99. The second-order valence-electron chi connectivity index (χ2n) is 4.48. The fourth-order valence-corrected chi connectivity index (χ4v) is 2.88. The summed E-state index contributed by atoms with van der Waals surface area (Å²) in [6.45, 7) is 0.853. The monoisotopic (exact) mass is 298 g/mol. The Bertz CT molecular complexity index is 518. The molecule has 0 aromatic heterocycles. The Morgan fingerprint density at radius 3 is 2.95 bits per heavy atom. The average molecular weight is 298 g/mol. The minimum absolute atomic E-state index is 0.0620. The number of carboxylic acid groups (broad SMARTS) is 1. The van der Waals surface area contributed by atoms with E-state index in [1.807, 2.05) is 0 Å². The Kier molecular flexibility index (Phi) is 4.97. The van der Waals surface area contributed by atoms with Gasteiger partial charge in [0.1, 0.15) is 5.82 Å². The Hall–Kier alpha value is -1.60. The number of carboxylic acids is 1. The van der Waals surface area contributed by atoms with Gasteiger partial charge in [0.2, 0.25) is 5.91 Å². The van der Waals surface area contributed by atoms with Gasteiger partial charge in [0.05, 0.1) is 11.3 Å². The van der Waals surface area contributed by atoms with E-state index in [1.54, 1.807) is 11.8 Å². The number of benzene rings is 1. The third-order valence-corrected chi connectivity index (χ3v) is 4.05. The summed E-state index contributed by atoms with van der Waals surface area (Å²) in [5.74, 6) is -0.273. The van der Waals surface area contributed by atoms with Crippen molar-refractivity contribution < 1.29 is 19.1 Å². The Labute approximate surface area is 119 Å². The lowest BCUT2D eigenvalue weighted by molar-refractivity contribution is -0.116. The quantitative estimate of drug-likeness (QED) is 0.786. The van der Waals surface area contributed by atoms with E-state index in [2.05, 4.69) is 10.6 Å². The van der Waals surface area contributed by atoms with Gasteiger partial charge in [0.25, 0.3) is 0 Å². The molecule has 1 atom stereocenters. The highest BCUT2D eigenvalue weighted by Crippen LogP contribution is 2.17. The van der Waals surface area contributed by atoms with Crippen molar-refractivity contribution >= 4 is 29.3 Å². The number of hydrogen-bond donors (Lipinski definition) is 3. The van der Waals surface area contributed by atoms with Crippen LogP contribution in [0, 0.1) is 5.82 Å². The largest absolute Gasteiger partial charge is 0.478 e. The molecule has 1 amide bonds. The van der Waals surface area contributed by atoms with Crippen LogP contribution in [0.3, 0.4) is 0 Å². The van der Waals surface area contributed by atoms with Crippen molar-refractivity contribution in [2.45, 2.75) is 12.5 Å². The smallest absolute Gasteiger partial charge is 0.335 e. The van der Waals surface area contributed by atoms with Crippen LogP contribution in [0.4, 0.5) is 10.1 Å². The molecule has 0 bridgehead atoms. The molecule has 108 valence electrons. The average Bonchev–Trinajstić information content (AvgIpc) is 2.42. The van der Waals surface area contributed by atoms with Crippen molar-refractivity contribution in [2.24, 2.45) is 0 Å². The van der Waals surface area contributed by atoms with E-state index in [-0.39, 0.29) is 29.6 Å². The second-order valence-corrected chi connectivity index (χ2v) is 5.63. The number of aromatic carboxylic acids is 1. The number of anilines is 1. The van der Waals surface area contributed by atoms with Crippen LogP contribution in [-0.2, 0) is 4.79 Å². The number of thioether (sulfide) groups is 1. The van der Waals surface area contributed by atoms with E-state index in [0.29, 0.717) is 0 Å². The molecule has 1 heterocycles. The normalized spacial score (nSPS) is 18.6. The van der Waals surface area contributed by atoms with Crippen LogP contribution in [0.25, 0.3) is 0 Å². The van der Waals surface area contributed by atoms with Crippen LogP contribution in [0.5, 0.6) is 0 Å². The summed E-state index contributed by atoms with van der Waals surface area (Å²) < 4.78 is 13.5. The summed E-state index contributed by atoms with van der Waals surface area (Å²) >= 11 is 1.77. The first-order valence-electron chi connectivity index (χ1n) is 6.20. The number of hydrogen-bond acceptors (Lipinski definition) is 4. The van der Waals surface area contributed by atoms with Crippen LogP contribution in [0.1, 0.15) is 16.8 Å². The highest BCUT2D eigenvalue weighted by atomic mass is 32.2. The zero-order chi connectivity index (χ0) is 14.5. The molecule has 5 nitrogen and oxygen atoms in total. The Morgan fingerprint density at radius 1 is 1.50 bits per heavy atom. The van der Waals surface area contributed by atoms with Crippen molar-refractivity contribution in [1.29, 1.82) is 0 Å². The maximum atomic E-state index is 13.5. The van der Waals surface area contributed by atoms with Gasteiger partial charge in [-0.15, -0.1) is 0 Å². The van der Waals surface area contributed by atoms with E-state index in [4.69, 9.17) is 5.11 Å². The van der Waals surface area contributed by atoms with Crippen LogP contribution < -0.4 is 10.6 Å². The third-order valence-electron chi connectivity index (χ3n) is 2.92. The van der Waals surface area contributed by atoms with E-state index in [0.717, 1.165) is 36.2 Å². The van der Waals surface area contributed by atoms with E-state index in [9.17, 15) is 14.0 Å². The minimum Gasteiger partial charge on any atom is -0.478 e. The minimum atomic E-state index is -1.16. The second kappa shape index (κ2) is 6.71. The molecule has 0 radical (unpaired) electrons. The standard InChI is InChI=1S/C13H15FN2O3S/c14-10-2-1-8(13(18)19)5-11(10)16-12(17)6-9-7-20-4-3-15-9/h1-2,5,9,15H,3-4,6-7H2,(H,16,17)(H,18,19). The molecule has 1 saturated heterocycles. The van der Waals surface area contributed by atoms with Crippen LogP contribution >= 0.6 is 11.8 Å². The Balaban J connectivity index is 1.99. The van der Waals surface area contributed by atoms with Gasteiger partial charge in [-0.05, 0) is 18.2 Å². The van der Waals surface area contributed by atoms with Gasteiger partial charge in [-0.3, -0.25) is 4.79 Å². The van der Waals surface area contributed by atoms with Gasteiger partial charge in [-0.1, -0.05) is 0 Å². The van der Waals surface area contributed by atoms with Crippen molar-refractivity contribution in [3.63, 3.8) is 0 Å². The van der Waals surface area contributed by atoms with Crippen LogP contribution in [-0.4, -0.2) is 41.1 Å². The summed E-state index contributed by atoms with van der Waals surface area (Å²) in [5, 5.41) is 14.5. The predicted molar refractivity (Wildman–Crippen MR) is 75.7 cm³/mol. The van der Waals surface area contributed by atoms with E-state index in [1.165, 1.54) is 0 Å². The highest BCUT2D eigenvalue weighted by Gasteiger charge is 2.18. The molecule has 1 fully saturated rings. The number of carbonyl (C=O) groups is 2. The molecule has 3 N–H and O–H groups in total.